The summed E-state index contributed by atoms with van der Waals surface area (Å²) >= 11 is 0. The predicted octanol–water partition coefficient (Wildman–Crippen LogP) is 3.42. The molecular weight excluding hydrogens is 410 g/mol. The van der Waals surface area contributed by atoms with Crippen LogP contribution in [-0.2, 0) is 9.59 Å². The summed E-state index contributed by atoms with van der Waals surface area (Å²) in [5.74, 6) is 0.778. The lowest BCUT2D eigenvalue weighted by Gasteiger charge is -2.24. The van der Waals surface area contributed by atoms with Crippen LogP contribution < -0.4 is 25.0 Å². The number of carbonyl (C=O) groups excluding carboxylic acids is 3. The summed E-state index contributed by atoms with van der Waals surface area (Å²) in [4.78, 5) is 38.8. The number of ether oxygens (including phenoxy) is 2. The van der Waals surface area contributed by atoms with Crippen molar-refractivity contribution in [2.24, 2.45) is 5.92 Å². The number of carbonyl (C=O) groups is 3. The van der Waals surface area contributed by atoms with Crippen molar-refractivity contribution >= 4 is 23.5 Å². The molecule has 8 nitrogen and oxygen atoms in total. The van der Waals surface area contributed by atoms with Crippen molar-refractivity contribution < 1.29 is 23.9 Å². The molecule has 0 aliphatic carbocycles. The van der Waals surface area contributed by atoms with Crippen LogP contribution in [0, 0.1) is 5.92 Å². The molecule has 1 saturated heterocycles. The van der Waals surface area contributed by atoms with Gasteiger partial charge in [0, 0.05) is 6.42 Å². The van der Waals surface area contributed by atoms with E-state index in [0.29, 0.717) is 17.2 Å². The smallest absolute Gasteiger partial charge is 0.329 e. The first-order chi connectivity index (χ1) is 15.3. The normalized spacial score (nSPS) is 16.7. The molecule has 3 rings (SSSR count). The Labute approximate surface area is 187 Å². The van der Waals surface area contributed by atoms with Gasteiger partial charge in [0.1, 0.15) is 6.04 Å². The van der Waals surface area contributed by atoms with E-state index in [1.807, 2.05) is 32.0 Å². The number of imide groups is 1. The number of para-hydroxylation sites is 1. The van der Waals surface area contributed by atoms with Crippen molar-refractivity contribution in [2.75, 3.05) is 19.1 Å². The van der Waals surface area contributed by atoms with Crippen molar-refractivity contribution in [2.45, 2.75) is 38.8 Å². The van der Waals surface area contributed by atoms with E-state index in [4.69, 9.17) is 9.47 Å². The van der Waals surface area contributed by atoms with E-state index in [9.17, 15) is 14.4 Å². The maximum Gasteiger partial charge on any atom is 0.329 e. The molecule has 0 aromatic heterocycles. The average molecular weight is 440 g/mol. The number of rotatable bonds is 9. The third-order valence-corrected chi connectivity index (χ3v) is 5.44. The van der Waals surface area contributed by atoms with Gasteiger partial charge in [-0.3, -0.25) is 9.59 Å². The second-order valence-electron chi connectivity index (χ2n) is 7.95. The number of urea groups is 1. The second-order valence-corrected chi connectivity index (χ2v) is 7.95. The van der Waals surface area contributed by atoms with Crippen LogP contribution in [0.4, 0.5) is 10.5 Å². The Bertz CT molecular complexity index is 977. The van der Waals surface area contributed by atoms with E-state index >= 15 is 0 Å². The van der Waals surface area contributed by atoms with Crippen molar-refractivity contribution in [3.8, 4) is 11.5 Å². The molecule has 0 saturated carbocycles. The first-order valence-electron chi connectivity index (χ1n) is 10.6. The summed E-state index contributed by atoms with van der Waals surface area (Å²) < 4.78 is 10.7. The van der Waals surface area contributed by atoms with E-state index in [1.54, 1.807) is 44.6 Å². The second kappa shape index (κ2) is 10.2. The van der Waals surface area contributed by atoms with Gasteiger partial charge in [0.25, 0.3) is 5.91 Å². The molecule has 2 N–H and O–H groups in total. The van der Waals surface area contributed by atoms with Crippen LogP contribution in [0.25, 0.3) is 0 Å². The fourth-order valence-electron chi connectivity index (χ4n) is 3.75. The van der Waals surface area contributed by atoms with Gasteiger partial charge in [0.2, 0.25) is 5.91 Å². The molecule has 170 valence electrons. The Morgan fingerprint density at radius 2 is 1.75 bits per heavy atom. The van der Waals surface area contributed by atoms with Gasteiger partial charge in [-0.15, -0.1) is 0 Å². The van der Waals surface area contributed by atoms with Gasteiger partial charge in [0.15, 0.2) is 11.5 Å². The van der Waals surface area contributed by atoms with Crippen LogP contribution in [0.5, 0.6) is 11.5 Å². The minimum absolute atomic E-state index is 0.107. The maximum atomic E-state index is 12.7. The summed E-state index contributed by atoms with van der Waals surface area (Å²) in [6, 6.07) is 12.8. The number of hydrogen-bond acceptors (Lipinski definition) is 5. The molecule has 1 fully saturated rings. The summed E-state index contributed by atoms with van der Waals surface area (Å²) in [7, 11) is 3.14. The highest BCUT2D eigenvalue weighted by Gasteiger charge is 2.39. The number of nitrogens with zero attached hydrogens (tertiary/aromatic N) is 1. The fourth-order valence-corrected chi connectivity index (χ4v) is 3.75. The molecule has 2 atom stereocenters. The van der Waals surface area contributed by atoms with Gasteiger partial charge in [-0.2, -0.15) is 0 Å². The third-order valence-electron chi connectivity index (χ3n) is 5.44. The Morgan fingerprint density at radius 3 is 2.38 bits per heavy atom. The number of benzene rings is 2. The van der Waals surface area contributed by atoms with E-state index in [1.165, 1.54) is 0 Å². The highest BCUT2D eigenvalue weighted by atomic mass is 16.5. The molecule has 8 heteroatoms. The van der Waals surface area contributed by atoms with Crippen LogP contribution in [0.15, 0.2) is 48.5 Å². The zero-order valence-electron chi connectivity index (χ0n) is 18.8. The number of anilines is 1. The van der Waals surface area contributed by atoms with Gasteiger partial charge in [-0.25, -0.2) is 9.69 Å². The van der Waals surface area contributed by atoms with E-state index in [0.717, 1.165) is 10.5 Å². The summed E-state index contributed by atoms with van der Waals surface area (Å²) in [5, 5.41) is 5.71. The minimum atomic E-state index is -0.730. The maximum absolute atomic E-state index is 12.7. The Balaban J connectivity index is 1.63. The molecule has 4 amide bonds. The highest BCUT2D eigenvalue weighted by Crippen LogP contribution is 2.32. The zero-order chi connectivity index (χ0) is 23.3. The molecule has 2 aromatic rings. The van der Waals surface area contributed by atoms with E-state index < -0.39 is 12.1 Å². The minimum Gasteiger partial charge on any atom is -0.493 e. The van der Waals surface area contributed by atoms with Crippen LogP contribution in [-0.4, -0.2) is 38.1 Å². The SMILES string of the molecule is COc1ccc([C@H](NC(=O)CC[C@H]2NC(=O)N(c3ccccc3)C2=O)C(C)C)cc1OC. The molecule has 0 bridgehead atoms. The molecule has 2 aromatic carbocycles. The number of methoxy groups -OCH3 is 2. The molecule has 1 heterocycles. The van der Waals surface area contributed by atoms with Crippen molar-refractivity contribution in [3.05, 3.63) is 54.1 Å². The van der Waals surface area contributed by atoms with Crippen molar-refractivity contribution in [1.82, 2.24) is 10.6 Å². The zero-order valence-corrected chi connectivity index (χ0v) is 18.8. The van der Waals surface area contributed by atoms with Gasteiger partial charge in [0.05, 0.1) is 25.9 Å². The topological polar surface area (TPSA) is 97.0 Å². The fraction of sp³-hybridized carbons (Fsp3) is 0.375. The van der Waals surface area contributed by atoms with Gasteiger partial charge >= 0.3 is 6.03 Å². The number of nitrogens with one attached hydrogen (secondary N) is 2. The molecular formula is C24H29N3O5. The molecule has 32 heavy (non-hydrogen) atoms. The summed E-state index contributed by atoms with van der Waals surface area (Å²) in [6.45, 7) is 4.03. The van der Waals surface area contributed by atoms with Gasteiger partial charge in [-0.1, -0.05) is 38.1 Å². The Hall–Kier alpha value is -3.55. The third kappa shape index (κ3) is 5.01. The van der Waals surface area contributed by atoms with Crippen LogP contribution in [0.2, 0.25) is 0 Å². The first-order valence-corrected chi connectivity index (χ1v) is 10.6. The number of amides is 4. The largest absolute Gasteiger partial charge is 0.493 e. The van der Waals surface area contributed by atoms with Crippen LogP contribution in [0.1, 0.15) is 38.3 Å². The van der Waals surface area contributed by atoms with Crippen LogP contribution in [0.3, 0.4) is 0 Å². The lowest BCUT2D eigenvalue weighted by Crippen LogP contribution is -2.35. The summed E-state index contributed by atoms with van der Waals surface area (Å²) in [5.41, 5.74) is 1.40. The average Bonchev–Trinajstić information content (AvgIpc) is 3.08. The Kier molecular flexibility index (Phi) is 7.35. The molecule has 0 unspecified atom stereocenters. The van der Waals surface area contributed by atoms with Gasteiger partial charge in [-0.05, 0) is 42.2 Å². The van der Waals surface area contributed by atoms with Crippen LogP contribution >= 0.6 is 0 Å². The first kappa shape index (κ1) is 23.1. The predicted molar refractivity (Wildman–Crippen MR) is 121 cm³/mol. The molecule has 1 aliphatic heterocycles. The quantitative estimate of drug-likeness (QED) is 0.584. The molecule has 1 aliphatic rings. The lowest BCUT2D eigenvalue weighted by molar-refractivity contribution is -0.122. The lowest BCUT2D eigenvalue weighted by atomic mass is 9.95. The monoisotopic (exact) mass is 439 g/mol. The molecule has 0 spiro atoms. The van der Waals surface area contributed by atoms with E-state index in [2.05, 4.69) is 10.6 Å². The number of hydrogen-bond donors (Lipinski definition) is 2. The van der Waals surface area contributed by atoms with Crippen molar-refractivity contribution in [1.29, 1.82) is 0 Å². The standard InChI is InChI=1S/C24H29N3O5/c1-15(2)22(16-10-12-19(31-3)20(14-16)32-4)26-21(28)13-11-18-23(29)27(24(30)25-18)17-8-6-5-7-9-17/h5-10,12,14-15,18,22H,11,13H2,1-4H3,(H,25,30)(H,26,28)/t18-,22-/m1/s1. The summed E-state index contributed by atoms with van der Waals surface area (Å²) in [6.07, 6.45) is 0.326. The van der Waals surface area contributed by atoms with Gasteiger partial charge < -0.3 is 20.1 Å². The van der Waals surface area contributed by atoms with E-state index in [-0.39, 0.29) is 36.6 Å². The van der Waals surface area contributed by atoms with Crippen molar-refractivity contribution in [3.63, 3.8) is 0 Å². The Morgan fingerprint density at radius 1 is 1.06 bits per heavy atom. The molecule has 0 radical (unpaired) electrons. The highest BCUT2D eigenvalue weighted by molar-refractivity contribution is 6.21.